The highest BCUT2D eigenvalue weighted by Crippen LogP contribution is 2.61. The molecule has 3 heteroatoms. The first-order chi connectivity index (χ1) is 11.4. The van der Waals surface area contributed by atoms with Crippen molar-refractivity contribution < 1.29 is 4.74 Å². The third-order valence-electron chi connectivity index (χ3n) is 6.21. The average molecular weight is 342 g/mol. The maximum atomic E-state index is 5.50. The summed E-state index contributed by atoms with van der Waals surface area (Å²) in [5.41, 5.74) is 6.59. The highest BCUT2D eigenvalue weighted by molar-refractivity contribution is 5.85. The average Bonchev–Trinajstić information content (AvgIpc) is 3.14. The van der Waals surface area contributed by atoms with Crippen LogP contribution >= 0.6 is 12.4 Å². The molecule has 1 saturated heterocycles. The van der Waals surface area contributed by atoms with Gasteiger partial charge in [0.2, 0.25) is 0 Å². The molecule has 3 aliphatic rings. The third-order valence-corrected chi connectivity index (χ3v) is 6.21. The Kier molecular flexibility index (Phi) is 4.16. The van der Waals surface area contributed by atoms with Gasteiger partial charge in [0.1, 0.15) is 0 Å². The third kappa shape index (κ3) is 2.24. The Morgan fingerprint density at radius 2 is 1.50 bits per heavy atom. The van der Waals surface area contributed by atoms with E-state index in [1.54, 1.807) is 22.3 Å². The van der Waals surface area contributed by atoms with Crippen LogP contribution in [0.5, 0.6) is 0 Å². The van der Waals surface area contributed by atoms with Gasteiger partial charge in [-0.05, 0) is 41.6 Å². The summed E-state index contributed by atoms with van der Waals surface area (Å²) >= 11 is 0. The Bertz CT molecular complexity index is 691. The highest BCUT2D eigenvalue weighted by Gasteiger charge is 2.52. The van der Waals surface area contributed by atoms with Crippen molar-refractivity contribution in [2.45, 2.75) is 24.2 Å². The topological polar surface area (TPSA) is 12.5 Å². The van der Waals surface area contributed by atoms with Crippen LogP contribution in [0.25, 0.3) is 0 Å². The summed E-state index contributed by atoms with van der Waals surface area (Å²) in [6.45, 7) is 5.13. The summed E-state index contributed by atoms with van der Waals surface area (Å²) in [6.07, 6.45) is 2.51. The fourth-order valence-electron chi connectivity index (χ4n) is 5.12. The minimum Gasteiger partial charge on any atom is -0.379 e. The summed E-state index contributed by atoms with van der Waals surface area (Å²) in [5, 5.41) is 0. The number of hydrogen-bond acceptors (Lipinski definition) is 2. The van der Waals surface area contributed by atoms with Crippen LogP contribution in [0.15, 0.2) is 48.5 Å². The molecule has 0 unspecified atom stereocenters. The molecule has 2 aromatic carbocycles. The molecule has 24 heavy (non-hydrogen) atoms. The monoisotopic (exact) mass is 341 g/mol. The molecular weight excluding hydrogens is 318 g/mol. The van der Waals surface area contributed by atoms with Gasteiger partial charge in [-0.15, -0.1) is 12.4 Å². The van der Waals surface area contributed by atoms with Crippen molar-refractivity contribution >= 4 is 12.4 Å². The molecule has 5 rings (SSSR count). The maximum Gasteiger partial charge on any atom is 0.0594 e. The molecule has 2 aromatic rings. The smallest absolute Gasteiger partial charge is 0.0594 e. The van der Waals surface area contributed by atoms with Crippen LogP contribution in [0.3, 0.4) is 0 Å². The van der Waals surface area contributed by atoms with Crippen LogP contribution in [-0.2, 0) is 10.2 Å². The minimum atomic E-state index is 0. The van der Waals surface area contributed by atoms with Gasteiger partial charge in [0.05, 0.1) is 13.2 Å². The number of nitrogens with zero attached hydrogens (tertiary/aromatic N) is 1. The van der Waals surface area contributed by atoms with E-state index in [-0.39, 0.29) is 17.8 Å². The molecule has 0 radical (unpaired) electrons. The number of hydrogen-bond donors (Lipinski definition) is 0. The van der Waals surface area contributed by atoms with Gasteiger partial charge >= 0.3 is 0 Å². The Morgan fingerprint density at radius 1 is 0.917 bits per heavy atom. The molecule has 0 atom stereocenters. The molecule has 1 aliphatic heterocycles. The highest BCUT2D eigenvalue weighted by atomic mass is 35.5. The zero-order valence-electron chi connectivity index (χ0n) is 13.9. The van der Waals surface area contributed by atoms with Crippen molar-refractivity contribution in [2.24, 2.45) is 0 Å². The molecule has 0 amide bonds. The van der Waals surface area contributed by atoms with Crippen LogP contribution in [0.1, 0.15) is 41.0 Å². The van der Waals surface area contributed by atoms with Gasteiger partial charge in [-0.2, -0.15) is 0 Å². The minimum absolute atomic E-state index is 0. The van der Waals surface area contributed by atoms with Gasteiger partial charge in [-0.25, -0.2) is 0 Å². The van der Waals surface area contributed by atoms with Crippen molar-refractivity contribution in [3.05, 3.63) is 70.8 Å². The standard InChI is InChI=1S/C21H23NO.ClH/c1-3-7-19-16(5-1)18-15-21(19,20-8-4-2-6-17(18)20)9-10-22-11-13-23-14-12-22;/h1-8,18H,9-15H2;1H. The quantitative estimate of drug-likeness (QED) is 0.837. The fraction of sp³-hybridized carbons (Fsp3) is 0.429. The van der Waals surface area contributed by atoms with Crippen LogP contribution < -0.4 is 0 Å². The predicted octanol–water partition coefficient (Wildman–Crippen LogP) is 3.97. The van der Waals surface area contributed by atoms with E-state index in [2.05, 4.69) is 53.4 Å². The largest absolute Gasteiger partial charge is 0.379 e. The van der Waals surface area contributed by atoms with Crippen molar-refractivity contribution in [1.29, 1.82) is 0 Å². The van der Waals surface area contributed by atoms with Gasteiger partial charge in [0, 0.05) is 24.4 Å². The molecule has 1 fully saturated rings. The van der Waals surface area contributed by atoms with E-state index < -0.39 is 0 Å². The Hall–Kier alpha value is -1.35. The summed E-state index contributed by atoms with van der Waals surface area (Å²) in [6, 6.07) is 18.3. The van der Waals surface area contributed by atoms with E-state index in [0.717, 1.165) is 26.3 Å². The molecule has 0 saturated carbocycles. The number of fused-ring (bicyclic) bond motifs is 8. The molecule has 0 aromatic heterocycles. The molecule has 0 spiro atoms. The van der Waals surface area contributed by atoms with Crippen LogP contribution in [0.2, 0.25) is 0 Å². The Morgan fingerprint density at radius 3 is 2.12 bits per heavy atom. The lowest BCUT2D eigenvalue weighted by molar-refractivity contribution is 0.0353. The first-order valence-corrected chi connectivity index (χ1v) is 8.87. The second kappa shape index (κ2) is 6.18. The Balaban J connectivity index is 0.00000146. The predicted molar refractivity (Wildman–Crippen MR) is 99.2 cm³/mol. The lowest BCUT2D eigenvalue weighted by atomic mass is 9.73. The first-order valence-electron chi connectivity index (χ1n) is 8.87. The van der Waals surface area contributed by atoms with Crippen molar-refractivity contribution in [3.63, 3.8) is 0 Å². The molecular formula is C21H24ClNO. The van der Waals surface area contributed by atoms with E-state index >= 15 is 0 Å². The molecule has 0 N–H and O–H groups in total. The molecule has 2 aliphatic carbocycles. The van der Waals surface area contributed by atoms with E-state index in [9.17, 15) is 0 Å². The Labute approximate surface area is 150 Å². The first kappa shape index (κ1) is 16.1. The summed E-state index contributed by atoms with van der Waals surface area (Å²) in [5.74, 6) is 0.618. The number of rotatable bonds is 3. The lowest BCUT2D eigenvalue weighted by Crippen LogP contribution is -2.39. The van der Waals surface area contributed by atoms with E-state index in [1.165, 1.54) is 19.4 Å². The fourth-order valence-corrected chi connectivity index (χ4v) is 5.12. The molecule has 1 heterocycles. The number of halogens is 1. The van der Waals surface area contributed by atoms with Gasteiger partial charge < -0.3 is 4.74 Å². The number of ether oxygens (including phenoxy) is 1. The van der Waals surface area contributed by atoms with Crippen molar-refractivity contribution in [3.8, 4) is 0 Å². The van der Waals surface area contributed by atoms with Crippen molar-refractivity contribution in [1.82, 2.24) is 4.90 Å². The zero-order chi connectivity index (χ0) is 15.3. The lowest BCUT2D eigenvalue weighted by Gasteiger charge is -2.35. The van der Waals surface area contributed by atoms with Crippen molar-refractivity contribution in [2.75, 3.05) is 32.8 Å². The van der Waals surface area contributed by atoms with Crippen LogP contribution in [0.4, 0.5) is 0 Å². The molecule has 2 nitrogen and oxygen atoms in total. The SMILES string of the molecule is Cl.c1ccc2c(c1)C1CC2(CCN2CCOCC2)c2ccccc21. The zero-order valence-corrected chi connectivity index (χ0v) is 14.7. The van der Waals surface area contributed by atoms with Crippen LogP contribution in [0, 0.1) is 0 Å². The number of benzene rings is 2. The van der Waals surface area contributed by atoms with Crippen LogP contribution in [-0.4, -0.2) is 37.7 Å². The summed E-state index contributed by atoms with van der Waals surface area (Å²) < 4.78 is 5.50. The number of morpholine rings is 1. The molecule has 126 valence electrons. The normalized spacial score (nSPS) is 27.4. The van der Waals surface area contributed by atoms with E-state index in [1.807, 2.05) is 0 Å². The van der Waals surface area contributed by atoms with E-state index in [4.69, 9.17) is 4.74 Å². The maximum absolute atomic E-state index is 5.50. The van der Waals surface area contributed by atoms with Gasteiger partial charge in [0.15, 0.2) is 0 Å². The van der Waals surface area contributed by atoms with Gasteiger partial charge in [-0.1, -0.05) is 48.5 Å². The summed E-state index contributed by atoms with van der Waals surface area (Å²) in [7, 11) is 0. The second-order valence-electron chi connectivity index (χ2n) is 7.22. The van der Waals surface area contributed by atoms with E-state index in [0.29, 0.717) is 5.92 Å². The van der Waals surface area contributed by atoms with Gasteiger partial charge in [-0.3, -0.25) is 4.90 Å². The summed E-state index contributed by atoms with van der Waals surface area (Å²) in [4.78, 5) is 2.58. The van der Waals surface area contributed by atoms with Gasteiger partial charge in [0.25, 0.3) is 0 Å². The molecule has 2 bridgehead atoms. The second-order valence-corrected chi connectivity index (χ2v) is 7.22.